The SMILES string of the molecule is O=C1C[C@@H](c2ccc3c(c2)OCCO3)c2c(ccc(C(=O)c3ccccc3)c2O)O1. The predicted molar refractivity (Wildman–Crippen MR) is 108 cm³/mol. The van der Waals surface area contributed by atoms with E-state index in [0.29, 0.717) is 35.8 Å². The van der Waals surface area contributed by atoms with E-state index in [2.05, 4.69) is 0 Å². The van der Waals surface area contributed by atoms with Gasteiger partial charge in [-0.05, 0) is 29.8 Å². The summed E-state index contributed by atoms with van der Waals surface area (Å²) in [6, 6.07) is 17.2. The Morgan fingerprint density at radius 2 is 1.63 bits per heavy atom. The molecule has 0 aromatic heterocycles. The predicted octanol–water partition coefficient (Wildman–Crippen LogP) is 3.84. The fourth-order valence-electron chi connectivity index (χ4n) is 3.94. The van der Waals surface area contributed by atoms with E-state index in [-0.39, 0.29) is 29.3 Å². The second kappa shape index (κ2) is 7.22. The molecule has 0 radical (unpaired) electrons. The first-order valence-electron chi connectivity index (χ1n) is 9.67. The van der Waals surface area contributed by atoms with Crippen molar-refractivity contribution in [3.63, 3.8) is 0 Å². The number of hydrogen-bond donors (Lipinski definition) is 1. The molecule has 0 unspecified atom stereocenters. The highest BCUT2D eigenvalue weighted by molar-refractivity contribution is 6.11. The van der Waals surface area contributed by atoms with E-state index in [4.69, 9.17) is 14.2 Å². The number of phenols is 1. The van der Waals surface area contributed by atoms with Gasteiger partial charge < -0.3 is 19.3 Å². The molecular formula is C24H18O6. The van der Waals surface area contributed by atoms with E-state index < -0.39 is 11.9 Å². The standard InChI is InChI=1S/C24H18O6/c25-21-13-17(15-6-8-18-20(12-15)29-11-10-28-18)22-19(30-21)9-7-16(24(22)27)23(26)14-4-2-1-3-5-14/h1-9,12,17,27H,10-11,13H2/t17-/m0/s1. The molecular weight excluding hydrogens is 384 g/mol. The number of ether oxygens (including phenoxy) is 3. The smallest absolute Gasteiger partial charge is 0.312 e. The highest BCUT2D eigenvalue weighted by atomic mass is 16.6. The molecule has 0 aliphatic carbocycles. The summed E-state index contributed by atoms with van der Waals surface area (Å²) in [7, 11) is 0. The van der Waals surface area contributed by atoms with Crippen LogP contribution in [0.2, 0.25) is 0 Å². The van der Waals surface area contributed by atoms with Crippen molar-refractivity contribution in [2.45, 2.75) is 12.3 Å². The molecule has 5 rings (SSSR count). The van der Waals surface area contributed by atoms with Crippen LogP contribution >= 0.6 is 0 Å². The van der Waals surface area contributed by atoms with Gasteiger partial charge in [-0.1, -0.05) is 36.4 Å². The van der Waals surface area contributed by atoms with Gasteiger partial charge in [0.2, 0.25) is 0 Å². The van der Waals surface area contributed by atoms with Crippen LogP contribution in [0.1, 0.15) is 39.4 Å². The Morgan fingerprint density at radius 1 is 0.900 bits per heavy atom. The summed E-state index contributed by atoms with van der Waals surface area (Å²) in [5, 5.41) is 11.1. The van der Waals surface area contributed by atoms with Crippen LogP contribution in [-0.2, 0) is 4.79 Å². The Hall–Kier alpha value is -3.80. The normalized spacial score (nSPS) is 17.1. The van der Waals surface area contributed by atoms with E-state index in [0.717, 1.165) is 5.56 Å². The molecule has 1 atom stereocenters. The lowest BCUT2D eigenvalue weighted by Gasteiger charge is -2.27. The molecule has 3 aromatic rings. The van der Waals surface area contributed by atoms with E-state index in [1.807, 2.05) is 18.2 Å². The molecule has 0 bridgehead atoms. The molecule has 150 valence electrons. The number of hydrogen-bond acceptors (Lipinski definition) is 6. The third-order valence-electron chi connectivity index (χ3n) is 5.37. The summed E-state index contributed by atoms with van der Waals surface area (Å²) in [6.45, 7) is 0.928. The van der Waals surface area contributed by atoms with Crippen molar-refractivity contribution in [3.8, 4) is 23.0 Å². The number of rotatable bonds is 3. The minimum Gasteiger partial charge on any atom is -0.507 e. The van der Waals surface area contributed by atoms with Crippen molar-refractivity contribution in [2.24, 2.45) is 0 Å². The minimum atomic E-state index is -0.472. The Labute approximate surface area is 172 Å². The summed E-state index contributed by atoms with van der Waals surface area (Å²) in [6.07, 6.45) is 0.0448. The van der Waals surface area contributed by atoms with E-state index in [9.17, 15) is 14.7 Å². The highest BCUT2D eigenvalue weighted by Crippen LogP contribution is 2.47. The van der Waals surface area contributed by atoms with Gasteiger partial charge in [-0.3, -0.25) is 9.59 Å². The van der Waals surface area contributed by atoms with Crippen LogP contribution < -0.4 is 14.2 Å². The maximum absolute atomic E-state index is 12.9. The molecule has 30 heavy (non-hydrogen) atoms. The van der Waals surface area contributed by atoms with Gasteiger partial charge in [0.05, 0.1) is 12.0 Å². The zero-order valence-corrected chi connectivity index (χ0v) is 16.0. The summed E-state index contributed by atoms with van der Waals surface area (Å²) >= 11 is 0. The first kappa shape index (κ1) is 18.2. The fourth-order valence-corrected chi connectivity index (χ4v) is 3.94. The van der Waals surface area contributed by atoms with Crippen LogP contribution in [0.25, 0.3) is 0 Å². The zero-order valence-electron chi connectivity index (χ0n) is 16.0. The van der Waals surface area contributed by atoms with Crippen molar-refractivity contribution < 1.29 is 28.9 Å². The number of phenolic OH excluding ortho intramolecular Hbond substituents is 1. The van der Waals surface area contributed by atoms with Crippen molar-refractivity contribution in [1.29, 1.82) is 0 Å². The summed E-state index contributed by atoms with van der Waals surface area (Å²) in [4.78, 5) is 25.2. The van der Waals surface area contributed by atoms with Gasteiger partial charge in [-0.25, -0.2) is 0 Å². The number of benzene rings is 3. The maximum Gasteiger partial charge on any atom is 0.312 e. The topological polar surface area (TPSA) is 82.1 Å². The molecule has 3 aromatic carbocycles. The minimum absolute atomic E-state index is 0.0448. The molecule has 1 N–H and O–H groups in total. The number of carbonyl (C=O) groups excluding carboxylic acids is 2. The van der Waals surface area contributed by atoms with Gasteiger partial charge in [-0.15, -0.1) is 0 Å². The van der Waals surface area contributed by atoms with Gasteiger partial charge in [-0.2, -0.15) is 0 Å². The van der Waals surface area contributed by atoms with Crippen molar-refractivity contribution in [2.75, 3.05) is 13.2 Å². The van der Waals surface area contributed by atoms with Crippen LogP contribution in [0.4, 0.5) is 0 Å². The number of carbonyl (C=O) groups is 2. The van der Waals surface area contributed by atoms with Crippen molar-refractivity contribution in [1.82, 2.24) is 0 Å². The molecule has 2 heterocycles. The third-order valence-corrected chi connectivity index (χ3v) is 5.37. The second-order valence-electron chi connectivity index (χ2n) is 7.20. The van der Waals surface area contributed by atoms with Crippen LogP contribution in [0.15, 0.2) is 60.7 Å². The van der Waals surface area contributed by atoms with Crippen LogP contribution in [0.3, 0.4) is 0 Å². The van der Waals surface area contributed by atoms with E-state index in [1.54, 1.807) is 36.4 Å². The average Bonchev–Trinajstić information content (AvgIpc) is 2.78. The second-order valence-corrected chi connectivity index (χ2v) is 7.20. The van der Waals surface area contributed by atoms with E-state index >= 15 is 0 Å². The van der Waals surface area contributed by atoms with Crippen LogP contribution in [0, 0.1) is 0 Å². The first-order chi connectivity index (χ1) is 14.6. The van der Waals surface area contributed by atoms with Gasteiger partial charge in [0.1, 0.15) is 24.7 Å². The lowest BCUT2D eigenvalue weighted by molar-refractivity contribution is -0.135. The Morgan fingerprint density at radius 3 is 2.43 bits per heavy atom. The van der Waals surface area contributed by atoms with Crippen LogP contribution in [0.5, 0.6) is 23.0 Å². The monoisotopic (exact) mass is 402 g/mol. The average molecular weight is 402 g/mol. The van der Waals surface area contributed by atoms with Crippen LogP contribution in [-0.4, -0.2) is 30.1 Å². The number of ketones is 1. The highest BCUT2D eigenvalue weighted by Gasteiger charge is 2.34. The number of esters is 1. The number of aromatic hydroxyl groups is 1. The van der Waals surface area contributed by atoms with E-state index in [1.165, 1.54) is 6.07 Å². The van der Waals surface area contributed by atoms with Gasteiger partial charge in [0, 0.05) is 17.0 Å². The molecule has 0 amide bonds. The lowest BCUT2D eigenvalue weighted by atomic mass is 9.84. The molecule has 2 aliphatic rings. The molecule has 0 saturated heterocycles. The molecule has 6 heteroatoms. The van der Waals surface area contributed by atoms with Crippen molar-refractivity contribution >= 4 is 11.8 Å². The molecule has 6 nitrogen and oxygen atoms in total. The van der Waals surface area contributed by atoms with Crippen molar-refractivity contribution in [3.05, 3.63) is 82.9 Å². The van der Waals surface area contributed by atoms with Gasteiger partial charge >= 0.3 is 5.97 Å². The summed E-state index contributed by atoms with van der Waals surface area (Å²) in [5.74, 6) is 0.149. The summed E-state index contributed by atoms with van der Waals surface area (Å²) < 4.78 is 16.6. The Kier molecular flexibility index (Phi) is 4.39. The Bertz CT molecular complexity index is 1150. The molecule has 0 fully saturated rings. The molecule has 0 saturated carbocycles. The quantitative estimate of drug-likeness (QED) is 0.407. The zero-order chi connectivity index (χ0) is 20.7. The largest absolute Gasteiger partial charge is 0.507 e. The fraction of sp³-hybridized carbons (Fsp3) is 0.167. The van der Waals surface area contributed by atoms with Gasteiger partial charge in [0.25, 0.3) is 0 Å². The summed E-state index contributed by atoms with van der Waals surface area (Å²) in [5.41, 5.74) is 1.83. The number of fused-ring (bicyclic) bond motifs is 2. The maximum atomic E-state index is 12.9. The lowest BCUT2D eigenvalue weighted by Crippen LogP contribution is -2.22. The first-order valence-corrected chi connectivity index (χ1v) is 9.67. The molecule has 2 aliphatic heterocycles. The molecule has 0 spiro atoms. The third kappa shape index (κ3) is 3.06. The van der Waals surface area contributed by atoms with Gasteiger partial charge in [0.15, 0.2) is 17.3 Å². The Balaban J connectivity index is 1.61.